The number of benzene rings is 2. The summed E-state index contributed by atoms with van der Waals surface area (Å²) in [4.78, 5) is 15.3. The third-order valence-corrected chi connectivity index (χ3v) is 6.16. The average molecular weight is 334 g/mol. The van der Waals surface area contributed by atoms with E-state index in [1.165, 1.54) is 5.56 Å². The van der Waals surface area contributed by atoms with Crippen molar-refractivity contribution in [3.05, 3.63) is 53.6 Å². The number of hydrogen-bond donors (Lipinski definition) is 1. The Hall–Kier alpha value is -2.49. The topological polar surface area (TPSA) is 55.6 Å². The van der Waals surface area contributed by atoms with E-state index in [0.29, 0.717) is 6.61 Å². The van der Waals surface area contributed by atoms with E-state index < -0.39 is 0 Å². The highest BCUT2D eigenvalue weighted by Crippen LogP contribution is 2.61. The standard InChI is InChI=1S/C21H22N2O2/c22-17-7-3-8-18-14(17)5-4-11-23(18)20(24)16-13-21(16)10-12-25-19-9-2-1-6-15(19)21/h1-3,6-9,16H,4-5,10-13,22H2. The van der Waals surface area contributed by atoms with E-state index in [0.717, 1.165) is 54.9 Å². The maximum Gasteiger partial charge on any atom is 0.231 e. The lowest BCUT2D eigenvalue weighted by Gasteiger charge is -2.32. The van der Waals surface area contributed by atoms with Gasteiger partial charge < -0.3 is 15.4 Å². The van der Waals surface area contributed by atoms with Crippen molar-refractivity contribution >= 4 is 17.3 Å². The van der Waals surface area contributed by atoms with Crippen LogP contribution in [0.5, 0.6) is 5.75 Å². The Morgan fingerprint density at radius 2 is 2.08 bits per heavy atom. The summed E-state index contributed by atoms with van der Waals surface area (Å²) in [7, 11) is 0. The molecule has 2 unspecified atom stereocenters. The maximum absolute atomic E-state index is 13.4. The highest BCUT2D eigenvalue weighted by Gasteiger charge is 2.62. The molecule has 4 nitrogen and oxygen atoms in total. The number of carbonyl (C=O) groups excluding carboxylic acids is 1. The van der Waals surface area contributed by atoms with E-state index in [-0.39, 0.29) is 17.2 Å². The minimum atomic E-state index is -0.0239. The fourth-order valence-corrected chi connectivity index (χ4v) is 4.75. The van der Waals surface area contributed by atoms with Gasteiger partial charge in [-0.15, -0.1) is 0 Å². The number of carbonyl (C=O) groups is 1. The van der Waals surface area contributed by atoms with E-state index >= 15 is 0 Å². The molecule has 2 aromatic rings. The summed E-state index contributed by atoms with van der Waals surface area (Å²) in [6.07, 6.45) is 3.79. The monoisotopic (exact) mass is 334 g/mol. The molecule has 3 aliphatic rings. The molecule has 1 aliphatic carbocycles. The molecule has 2 heterocycles. The second-order valence-electron chi connectivity index (χ2n) is 7.45. The van der Waals surface area contributed by atoms with Crippen LogP contribution in [0.4, 0.5) is 11.4 Å². The zero-order valence-corrected chi connectivity index (χ0v) is 14.2. The number of nitrogens with two attached hydrogens (primary N) is 1. The first kappa shape index (κ1) is 14.8. The average Bonchev–Trinajstić information content (AvgIpc) is 3.36. The fraction of sp³-hybridized carbons (Fsp3) is 0.381. The number of anilines is 2. The third-order valence-electron chi connectivity index (χ3n) is 6.16. The number of fused-ring (bicyclic) bond motifs is 3. The molecule has 2 aliphatic heterocycles. The summed E-state index contributed by atoms with van der Waals surface area (Å²) in [6, 6.07) is 14.1. The van der Waals surface area contributed by atoms with Crippen LogP contribution in [0.1, 0.15) is 30.4 Å². The third kappa shape index (κ3) is 2.10. The minimum Gasteiger partial charge on any atom is -0.493 e. The summed E-state index contributed by atoms with van der Waals surface area (Å²) in [6.45, 7) is 1.49. The van der Waals surface area contributed by atoms with Gasteiger partial charge in [0.05, 0.1) is 6.61 Å². The van der Waals surface area contributed by atoms with Crippen LogP contribution in [-0.4, -0.2) is 19.1 Å². The quantitative estimate of drug-likeness (QED) is 0.814. The molecule has 2 N–H and O–H groups in total. The van der Waals surface area contributed by atoms with Crippen LogP contribution in [0.25, 0.3) is 0 Å². The molecule has 1 fully saturated rings. The Morgan fingerprint density at radius 1 is 1.20 bits per heavy atom. The Kier molecular flexibility index (Phi) is 3.11. The lowest BCUT2D eigenvalue weighted by atomic mass is 9.87. The highest BCUT2D eigenvalue weighted by atomic mass is 16.5. The van der Waals surface area contributed by atoms with E-state index in [1.807, 2.05) is 41.3 Å². The molecule has 1 amide bonds. The van der Waals surface area contributed by atoms with Crippen LogP contribution in [0.2, 0.25) is 0 Å². The molecule has 0 bridgehead atoms. The second kappa shape index (κ2) is 5.25. The highest BCUT2D eigenvalue weighted by molar-refractivity contribution is 6.00. The van der Waals surface area contributed by atoms with E-state index in [2.05, 4.69) is 6.07 Å². The van der Waals surface area contributed by atoms with Crippen LogP contribution in [0, 0.1) is 5.92 Å². The summed E-state index contributed by atoms with van der Waals surface area (Å²) in [5.74, 6) is 1.26. The number of nitrogens with zero attached hydrogens (tertiary/aromatic N) is 1. The van der Waals surface area contributed by atoms with Gasteiger partial charge in [-0.05, 0) is 49.4 Å². The first-order valence-electron chi connectivity index (χ1n) is 9.12. The second-order valence-corrected chi connectivity index (χ2v) is 7.45. The van der Waals surface area contributed by atoms with Crippen LogP contribution in [0.3, 0.4) is 0 Å². The van der Waals surface area contributed by atoms with Gasteiger partial charge in [-0.1, -0.05) is 24.3 Å². The summed E-state index contributed by atoms with van der Waals surface area (Å²) >= 11 is 0. The van der Waals surface area contributed by atoms with Gasteiger partial charge in [0.15, 0.2) is 0 Å². The van der Waals surface area contributed by atoms with Gasteiger partial charge in [0.1, 0.15) is 5.75 Å². The zero-order chi connectivity index (χ0) is 17.0. The van der Waals surface area contributed by atoms with Gasteiger partial charge in [-0.3, -0.25) is 4.79 Å². The van der Waals surface area contributed by atoms with Crippen molar-refractivity contribution in [1.29, 1.82) is 0 Å². The van der Waals surface area contributed by atoms with Gasteiger partial charge in [0.25, 0.3) is 0 Å². The van der Waals surface area contributed by atoms with Gasteiger partial charge in [0.2, 0.25) is 5.91 Å². The molecule has 1 saturated carbocycles. The molecule has 4 heteroatoms. The van der Waals surface area contributed by atoms with Crippen molar-refractivity contribution in [3.63, 3.8) is 0 Å². The van der Waals surface area contributed by atoms with Crippen molar-refractivity contribution in [2.24, 2.45) is 5.92 Å². The number of ether oxygens (including phenoxy) is 1. The number of amides is 1. The van der Waals surface area contributed by atoms with Crippen LogP contribution in [0.15, 0.2) is 42.5 Å². The Bertz CT molecular complexity index is 863. The van der Waals surface area contributed by atoms with Crippen molar-refractivity contribution < 1.29 is 9.53 Å². The van der Waals surface area contributed by atoms with Crippen molar-refractivity contribution in [1.82, 2.24) is 0 Å². The zero-order valence-electron chi connectivity index (χ0n) is 14.2. The molecule has 2 atom stereocenters. The fourth-order valence-electron chi connectivity index (χ4n) is 4.75. The molecular formula is C21H22N2O2. The predicted molar refractivity (Wildman–Crippen MR) is 97.9 cm³/mol. The number of nitrogen functional groups attached to an aromatic ring is 1. The maximum atomic E-state index is 13.4. The van der Waals surface area contributed by atoms with Crippen LogP contribution >= 0.6 is 0 Å². The number of para-hydroxylation sites is 1. The predicted octanol–water partition coefficient (Wildman–Crippen LogP) is 3.29. The van der Waals surface area contributed by atoms with E-state index in [4.69, 9.17) is 10.5 Å². The number of rotatable bonds is 1. The molecule has 1 spiro atoms. The molecule has 2 aromatic carbocycles. The molecule has 5 rings (SSSR count). The summed E-state index contributed by atoms with van der Waals surface area (Å²) in [5.41, 5.74) is 10.3. The van der Waals surface area contributed by atoms with Crippen molar-refractivity contribution in [2.45, 2.75) is 31.1 Å². The van der Waals surface area contributed by atoms with Crippen LogP contribution in [-0.2, 0) is 16.6 Å². The Labute approximate surface area is 147 Å². The molecule has 0 aromatic heterocycles. The first-order chi connectivity index (χ1) is 12.2. The Balaban J connectivity index is 1.48. The number of hydrogen-bond acceptors (Lipinski definition) is 3. The van der Waals surface area contributed by atoms with Gasteiger partial charge in [-0.25, -0.2) is 0 Å². The largest absolute Gasteiger partial charge is 0.493 e. The van der Waals surface area contributed by atoms with Gasteiger partial charge >= 0.3 is 0 Å². The van der Waals surface area contributed by atoms with Gasteiger partial charge in [-0.2, -0.15) is 0 Å². The van der Waals surface area contributed by atoms with Crippen molar-refractivity contribution in [3.8, 4) is 5.75 Å². The Morgan fingerprint density at radius 3 is 3.00 bits per heavy atom. The lowest BCUT2D eigenvalue weighted by molar-refractivity contribution is -0.120. The SMILES string of the molecule is Nc1cccc2c1CCCN2C(=O)C1CC12CCOc1ccccc12. The lowest BCUT2D eigenvalue weighted by Crippen LogP contribution is -2.39. The molecule has 0 saturated heterocycles. The van der Waals surface area contributed by atoms with E-state index in [1.54, 1.807) is 0 Å². The van der Waals surface area contributed by atoms with E-state index in [9.17, 15) is 4.79 Å². The molecule has 0 radical (unpaired) electrons. The minimum absolute atomic E-state index is 0.0239. The normalized spacial score (nSPS) is 26.6. The smallest absolute Gasteiger partial charge is 0.231 e. The first-order valence-corrected chi connectivity index (χ1v) is 9.12. The summed E-state index contributed by atoms with van der Waals surface area (Å²) < 4.78 is 5.80. The summed E-state index contributed by atoms with van der Waals surface area (Å²) in [5, 5.41) is 0. The van der Waals surface area contributed by atoms with Crippen LogP contribution < -0.4 is 15.4 Å². The molecular weight excluding hydrogens is 312 g/mol. The molecule has 25 heavy (non-hydrogen) atoms. The molecule has 128 valence electrons. The van der Waals surface area contributed by atoms with Gasteiger partial charge in [0, 0.05) is 34.8 Å². The van der Waals surface area contributed by atoms with Crippen molar-refractivity contribution in [2.75, 3.05) is 23.8 Å².